The van der Waals surface area contributed by atoms with E-state index in [9.17, 15) is 0 Å². The first kappa shape index (κ1) is 17.7. The minimum Gasteiger partial charge on any atom is -0.0610 e. The maximum absolute atomic E-state index is 2.38. The molecule has 0 unspecified atom stereocenters. The summed E-state index contributed by atoms with van der Waals surface area (Å²) in [6.07, 6.45) is 0. The van der Waals surface area contributed by atoms with E-state index < -0.39 is 0 Å². The lowest BCUT2D eigenvalue weighted by Crippen LogP contribution is -1.92. The first-order valence-corrected chi connectivity index (χ1v) is 12.7. The van der Waals surface area contributed by atoms with Gasteiger partial charge in [0.05, 0.1) is 0 Å². The van der Waals surface area contributed by atoms with E-state index in [2.05, 4.69) is 109 Å². The van der Waals surface area contributed by atoms with Crippen LogP contribution in [0.5, 0.6) is 0 Å². The SMILES string of the molecule is c1cc2ccc3c4ccc5c6ccc7cccc8ccc(c9ccc(c%10ccc(c1)c2c3%10)c4c59)c6c78. The third kappa shape index (κ3) is 1.83. The van der Waals surface area contributed by atoms with E-state index in [1.807, 2.05) is 0 Å². The van der Waals surface area contributed by atoms with E-state index in [1.54, 1.807) is 0 Å². The van der Waals surface area contributed by atoms with Gasteiger partial charge < -0.3 is 0 Å². The van der Waals surface area contributed by atoms with Crippen molar-refractivity contribution in [2.45, 2.75) is 0 Å². The van der Waals surface area contributed by atoms with Gasteiger partial charge in [0, 0.05) is 0 Å². The molecule has 0 aliphatic heterocycles. The molecule has 0 aromatic heterocycles. The summed E-state index contributed by atoms with van der Waals surface area (Å²) in [5, 5.41) is 24.6. The molecular formula is C36H18. The van der Waals surface area contributed by atoms with Crippen molar-refractivity contribution in [2.75, 3.05) is 0 Å². The monoisotopic (exact) mass is 450 g/mol. The lowest BCUT2D eigenvalue weighted by molar-refractivity contribution is 1.80. The smallest absolute Gasteiger partial charge is 0.00139 e. The molecule has 0 spiro atoms. The predicted molar refractivity (Wildman–Crippen MR) is 158 cm³/mol. The fourth-order valence-corrected chi connectivity index (χ4v) is 7.46. The molecule has 0 heterocycles. The normalized spacial score (nSPS) is 13.0. The zero-order valence-electron chi connectivity index (χ0n) is 19.4. The molecule has 10 rings (SSSR count). The van der Waals surface area contributed by atoms with Crippen molar-refractivity contribution in [3.05, 3.63) is 109 Å². The molecule has 0 bridgehead atoms. The van der Waals surface area contributed by atoms with E-state index in [-0.39, 0.29) is 0 Å². The molecule has 10 aromatic rings. The Morgan fingerprint density at radius 2 is 0.417 bits per heavy atom. The van der Waals surface area contributed by atoms with E-state index >= 15 is 0 Å². The van der Waals surface area contributed by atoms with Crippen LogP contribution in [0.4, 0.5) is 0 Å². The average Bonchev–Trinajstić information content (AvgIpc) is 2.94. The molecule has 0 nitrogen and oxygen atoms in total. The van der Waals surface area contributed by atoms with Gasteiger partial charge in [0.15, 0.2) is 0 Å². The minimum atomic E-state index is 1.32. The predicted octanol–water partition coefficient (Wildman–Crippen LogP) is 10.4. The van der Waals surface area contributed by atoms with Crippen LogP contribution >= 0.6 is 0 Å². The van der Waals surface area contributed by atoms with Crippen LogP contribution in [0.15, 0.2) is 109 Å². The van der Waals surface area contributed by atoms with Crippen molar-refractivity contribution in [3.63, 3.8) is 0 Å². The molecule has 0 heteroatoms. The maximum Gasteiger partial charge on any atom is -0.00139 e. The summed E-state index contributed by atoms with van der Waals surface area (Å²) in [7, 11) is 0. The van der Waals surface area contributed by atoms with E-state index in [0.717, 1.165) is 0 Å². The Morgan fingerprint density at radius 1 is 0.194 bits per heavy atom. The van der Waals surface area contributed by atoms with Gasteiger partial charge in [-0.3, -0.25) is 0 Å². The van der Waals surface area contributed by atoms with Gasteiger partial charge in [-0.05, 0) is 97.0 Å². The fraction of sp³-hybridized carbons (Fsp3) is 0. The summed E-state index contributed by atoms with van der Waals surface area (Å²) >= 11 is 0. The molecular weight excluding hydrogens is 432 g/mol. The Bertz CT molecular complexity index is 2170. The molecule has 0 aliphatic carbocycles. The van der Waals surface area contributed by atoms with Crippen LogP contribution in [0.2, 0.25) is 0 Å². The number of fused-ring (bicyclic) bond motifs is 4. The van der Waals surface area contributed by atoms with Gasteiger partial charge in [-0.25, -0.2) is 0 Å². The van der Waals surface area contributed by atoms with Crippen molar-refractivity contribution < 1.29 is 0 Å². The summed E-state index contributed by atoms with van der Waals surface area (Å²) in [6.45, 7) is 0. The second-order valence-corrected chi connectivity index (χ2v) is 10.4. The highest BCUT2D eigenvalue weighted by Gasteiger charge is 2.20. The van der Waals surface area contributed by atoms with Crippen LogP contribution in [0.3, 0.4) is 0 Å². The highest BCUT2D eigenvalue weighted by molar-refractivity contribution is 6.44. The third-order valence-electron chi connectivity index (χ3n) is 8.87. The number of rotatable bonds is 0. The van der Waals surface area contributed by atoms with Crippen LogP contribution < -0.4 is 0 Å². The van der Waals surface area contributed by atoms with Gasteiger partial charge in [0.1, 0.15) is 0 Å². The van der Waals surface area contributed by atoms with Crippen LogP contribution in [0.25, 0.3) is 97.0 Å². The Hall–Kier alpha value is -4.68. The lowest BCUT2D eigenvalue weighted by atomic mass is 9.82. The van der Waals surface area contributed by atoms with Gasteiger partial charge >= 0.3 is 0 Å². The van der Waals surface area contributed by atoms with Crippen LogP contribution in [0, 0.1) is 0 Å². The topological polar surface area (TPSA) is 0 Å². The Labute approximate surface area is 206 Å². The second kappa shape index (κ2) is 5.75. The van der Waals surface area contributed by atoms with Gasteiger partial charge in [0.2, 0.25) is 0 Å². The Morgan fingerprint density at radius 3 is 0.694 bits per heavy atom. The van der Waals surface area contributed by atoms with E-state index in [0.29, 0.717) is 0 Å². The number of hydrogen-bond donors (Lipinski definition) is 0. The molecule has 0 aliphatic rings. The van der Waals surface area contributed by atoms with Gasteiger partial charge in [-0.1, -0.05) is 109 Å². The summed E-state index contributed by atoms with van der Waals surface area (Å²) in [6, 6.07) is 41.4. The molecule has 0 amide bonds. The Balaban J connectivity index is 1.55. The summed E-state index contributed by atoms with van der Waals surface area (Å²) in [5.74, 6) is 0. The zero-order chi connectivity index (χ0) is 23.1. The first-order valence-electron chi connectivity index (χ1n) is 12.7. The van der Waals surface area contributed by atoms with Crippen LogP contribution in [-0.4, -0.2) is 0 Å². The molecule has 36 heavy (non-hydrogen) atoms. The minimum absolute atomic E-state index is 1.32. The number of benzene rings is 10. The molecule has 0 atom stereocenters. The lowest BCUT2D eigenvalue weighted by Gasteiger charge is -2.20. The molecule has 0 N–H and O–H groups in total. The maximum atomic E-state index is 2.38. The van der Waals surface area contributed by atoms with Gasteiger partial charge in [-0.2, -0.15) is 0 Å². The standard InChI is InChI=1S/C36H18/c1-3-19-7-11-23-27-15-17-29-25-13-9-21-5-2-6-22-10-14-26(34(25)32(21)22)30-18-16-28(35(27)36(29)30)24-12-8-20(4-1)31(19)33(23)24/h1-18H. The zero-order valence-corrected chi connectivity index (χ0v) is 19.4. The molecule has 0 saturated carbocycles. The van der Waals surface area contributed by atoms with Crippen molar-refractivity contribution in [1.82, 2.24) is 0 Å². The second-order valence-electron chi connectivity index (χ2n) is 10.4. The quantitative estimate of drug-likeness (QED) is 0.159. The molecule has 0 saturated heterocycles. The van der Waals surface area contributed by atoms with E-state index in [4.69, 9.17) is 0 Å². The highest BCUT2D eigenvalue weighted by Crippen LogP contribution is 2.49. The van der Waals surface area contributed by atoms with Crippen molar-refractivity contribution in [3.8, 4) is 0 Å². The molecule has 10 aromatic carbocycles. The fourth-order valence-electron chi connectivity index (χ4n) is 7.46. The molecule has 0 fully saturated rings. The van der Waals surface area contributed by atoms with Crippen molar-refractivity contribution in [2.24, 2.45) is 0 Å². The number of hydrogen-bond acceptors (Lipinski definition) is 0. The summed E-state index contributed by atoms with van der Waals surface area (Å²) in [4.78, 5) is 0. The highest BCUT2D eigenvalue weighted by atomic mass is 14.2. The van der Waals surface area contributed by atoms with Crippen molar-refractivity contribution >= 4 is 97.0 Å². The molecule has 0 radical (unpaired) electrons. The van der Waals surface area contributed by atoms with Crippen LogP contribution in [-0.2, 0) is 0 Å². The van der Waals surface area contributed by atoms with Gasteiger partial charge in [-0.15, -0.1) is 0 Å². The summed E-state index contributed by atoms with van der Waals surface area (Å²) in [5.41, 5.74) is 0. The first-order chi connectivity index (χ1) is 17.9. The Kier molecular flexibility index (Phi) is 2.83. The average molecular weight is 451 g/mol. The van der Waals surface area contributed by atoms with Crippen molar-refractivity contribution in [1.29, 1.82) is 0 Å². The molecule has 162 valence electrons. The van der Waals surface area contributed by atoms with Crippen LogP contribution in [0.1, 0.15) is 0 Å². The van der Waals surface area contributed by atoms with E-state index in [1.165, 1.54) is 97.0 Å². The van der Waals surface area contributed by atoms with Gasteiger partial charge in [0.25, 0.3) is 0 Å². The third-order valence-corrected chi connectivity index (χ3v) is 8.87. The summed E-state index contributed by atoms with van der Waals surface area (Å²) < 4.78 is 0. The largest absolute Gasteiger partial charge is 0.0610 e.